The number of hydrogen-bond donors (Lipinski definition) is 6. The Morgan fingerprint density at radius 1 is 0.652 bits per heavy atom. The molecule has 6 nitrogen and oxygen atoms in total. The van der Waals surface area contributed by atoms with Crippen LogP contribution in [0.2, 0.25) is 36.3 Å². The van der Waals surface area contributed by atoms with E-state index in [4.69, 9.17) is 0 Å². The summed E-state index contributed by atoms with van der Waals surface area (Å²) in [5, 5.41) is 39.5. The molecule has 46 heavy (non-hydrogen) atoms. The molecule has 0 saturated heterocycles. The minimum Gasteiger partial charge on any atom is -0.507 e. The van der Waals surface area contributed by atoms with Crippen LogP contribution in [0.5, 0.6) is 11.5 Å². The predicted molar refractivity (Wildman–Crippen MR) is 203 cm³/mol. The summed E-state index contributed by atoms with van der Waals surface area (Å²) in [6.45, 7) is 29.6. The summed E-state index contributed by atoms with van der Waals surface area (Å²) in [6, 6.07) is 16.7. The van der Waals surface area contributed by atoms with Gasteiger partial charge in [-0.1, -0.05) is 117 Å². The molecule has 1 aliphatic rings. The lowest BCUT2D eigenvalue weighted by molar-refractivity contribution is -0.680. The van der Waals surface area contributed by atoms with Crippen LogP contribution in [0.4, 0.5) is 0 Å². The van der Waals surface area contributed by atoms with Gasteiger partial charge in [-0.3, -0.25) is 0 Å². The van der Waals surface area contributed by atoms with Crippen LogP contribution >= 0.6 is 0 Å². The third kappa shape index (κ3) is 9.26. The van der Waals surface area contributed by atoms with Crippen molar-refractivity contribution in [2.45, 2.75) is 132 Å². The van der Waals surface area contributed by atoms with Gasteiger partial charge in [-0.25, -0.2) is 0 Å². The Kier molecular flexibility index (Phi) is 14.0. The molecule has 0 radical (unpaired) electrons. The van der Waals surface area contributed by atoms with Gasteiger partial charge in [0.05, 0.1) is 14.6 Å². The lowest BCUT2D eigenvalue weighted by Gasteiger charge is -2.42. The normalized spacial score (nSPS) is 18.7. The summed E-state index contributed by atoms with van der Waals surface area (Å²) in [6.07, 6.45) is 0. The first kappa shape index (κ1) is 38.8. The van der Waals surface area contributed by atoms with Crippen LogP contribution in [0.1, 0.15) is 91.5 Å². The summed E-state index contributed by atoms with van der Waals surface area (Å²) < 4.78 is 0. The van der Waals surface area contributed by atoms with Crippen molar-refractivity contribution in [1.82, 2.24) is 16.0 Å². The SMILES string of the molecule is CC[Si](CC)(CC)c1cc2c(O)c(c1)CNCC(C)(C)C[NH2+]Cc1cc([Si-](CC)(CC)CC)cc(c1O)CNCC(C)(C)CNC2. The topological polar surface area (TPSA) is 93.2 Å². The number of aromatic hydroxyl groups is 2. The van der Waals surface area contributed by atoms with E-state index in [1.54, 1.807) is 0 Å². The second-order valence-electron chi connectivity index (χ2n) is 15.8. The van der Waals surface area contributed by atoms with Crippen LogP contribution in [-0.4, -0.2) is 52.5 Å². The average molecular weight is 670 g/mol. The molecule has 261 valence electrons. The first-order valence-electron chi connectivity index (χ1n) is 18.4. The third-order valence-corrected chi connectivity index (χ3v) is 22.8. The molecule has 0 fully saturated rings. The molecule has 2 aromatic rings. The van der Waals surface area contributed by atoms with E-state index in [0.717, 1.165) is 55.0 Å². The fourth-order valence-electron chi connectivity index (χ4n) is 7.78. The maximum absolute atomic E-state index is 11.5. The van der Waals surface area contributed by atoms with Gasteiger partial charge in [-0.2, -0.15) is 23.3 Å². The number of phenolic OH excluding ortho intramolecular Hbond substituents is 2. The molecule has 0 aromatic heterocycles. The number of hydrogen-bond acceptors (Lipinski definition) is 5. The van der Waals surface area contributed by atoms with Crippen LogP contribution < -0.4 is 31.6 Å². The van der Waals surface area contributed by atoms with Gasteiger partial charge in [0, 0.05) is 66.9 Å². The Balaban J connectivity index is 1.97. The molecule has 0 unspecified atom stereocenters. The van der Waals surface area contributed by atoms with Crippen molar-refractivity contribution in [2.24, 2.45) is 10.8 Å². The molecule has 0 amide bonds. The standard InChI is InChI=1S/C38H68N4O2Si2/c1-11-45(12-2,13-3)33-17-29-21-39-25-37(7,8)27-41-23-31-19-34(46(14-4,15-5)16-6)20-32(36(31)44)24-42-28-38(9,10)26-40-22-30(18-33)35(29)43/h17-20,39-44H,11-16,21-28H2,1-10H3/q-1/p+1. The molecule has 1 aliphatic heterocycles. The van der Waals surface area contributed by atoms with Gasteiger partial charge in [0.25, 0.3) is 0 Å². The van der Waals surface area contributed by atoms with Gasteiger partial charge in [0.15, 0.2) is 0 Å². The molecule has 2 aromatic carbocycles. The van der Waals surface area contributed by atoms with E-state index in [-0.39, 0.29) is 10.8 Å². The maximum Gasteiger partial charge on any atom is 0.128 e. The zero-order valence-corrected chi connectivity index (χ0v) is 33.2. The van der Waals surface area contributed by atoms with Crippen molar-refractivity contribution in [2.75, 3.05) is 26.2 Å². The molecule has 0 aliphatic carbocycles. The second kappa shape index (κ2) is 16.6. The molecular weight excluding hydrogens is 601 g/mol. The smallest absolute Gasteiger partial charge is 0.128 e. The summed E-state index contributed by atoms with van der Waals surface area (Å²) in [5.74, 6) is 0.913. The van der Waals surface area contributed by atoms with Gasteiger partial charge in [0.1, 0.15) is 18.0 Å². The number of quaternary nitrogens is 1. The number of phenols is 2. The summed E-state index contributed by atoms with van der Waals surface area (Å²) in [7, 11) is -3.23. The predicted octanol–water partition coefficient (Wildman–Crippen LogP) is 5.63. The Labute approximate surface area is 284 Å². The van der Waals surface area contributed by atoms with Crippen LogP contribution in [0, 0.1) is 10.8 Å². The van der Waals surface area contributed by atoms with E-state index in [2.05, 4.69) is 115 Å². The van der Waals surface area contributed by atoms with Crippen LogP contribution in [-0.2, 0) is 26.2 Å². The highest BCUT2D eigenvalue weighted by molar-refractivity contribution is 6.92. The van der Waals surface area contributed by atoms with E-state index in [1.165, 1.54) is 46.6 Å². The zero-order chi connectivity index (χ0) is 34.2. The third-order valence-electron chi connectivity index (χ3n) is 11.6. The average Bonchev–Trinajstić information content (AvgIpc) is 3.02. The summed E-state index contributed by atoms with van der Waals surface area (Å²) >= 11 is 0. The number of fused-ring (bicyclic) bond motifs is 4. The lowest BCUT2D eigenvalue weighted by Crippen LogP contribution is -2.85. The fraction of sp³-hybridized carbons (Fsp3) is 0.684. The first-order chi connectivity index (χ1) is 21.7. The maximum atomic E-state index is 11.5. The Morgan fingerprint density at radius 3 is 1.52 bits per heavy atom. The minimum atomic E-state index is -1.62. The molecule has 7 N–H and O–H groups in total. The molecule has 4 bridgehead atoms. The number of nitrogens with two attached hydrogens (primary N) is 1. The molecule has 1 heterocycles. The van der Waals surface area contributed by atoms with Crippen molar-refractivity contribution in [3.8, 4) is 11.5 Å². The molecule has 0 spiro atoms. The van der Waals surface area contributed by atoms with Crippen molar-refractivity contribution >= 4 is 26.5 Å². The molecular formula is C38H69N4O2Si2. The van der Waals surface area contributed by atoms with Crippen molar-refractivity contribution in [3.63, 3.8) is 0 Å². The number of nitrogens with one attached hydrogen (secondary N) is 3. The second-order valence-corrected chi connectivity index (χ2v) is 26.3. The van der Waals surface area contributed by atoms with Gasteiger partial charge in [0.2, 0.25) is 0 Å². The monoisotopic (exact) mass is 669 g/mol. The molecule has 0 saturated carbocycles. The number of rotatable bonds is 8. The van der Waals surface area contributed by atoms with Crippen LogP contribution in [0.15, 0.2) is 24.3 Å². The van der Waals surface area contributed by atoms with Crippen LogP contribution in [0.25, 0.3) is 0 Å². The van der Waals surface area contributed by atoms with Gasteiger partial charge in [-0.15, -0.1) is 8.07 Å². The van der Waals surface area contributed by atoms with E-state index in [0.29, 0.717) is 31.1 Å². The molecule has 0 atom stereocenters. The quantitative estimate of drug-likeness (QED) is 0.205. The molecule has 8 heteroatoms. The lowest BCUT2D eigenvalue weighted by atomic mass is 9.92. The Hall–Kier alpha value is -1.69. The van der Waals surface area contributed by atoms with E-state index in [9.17, 15) is 10.2 Å². The minimum absolute atomic E-state index is 0.00258. The zero-order valence-electron chi connectivity index (χ0n) is 31.2. The largest absolute Gasteiger partial charge is 0.507 e. The first-order valence-corrected chi connectivity index (χ1v) is 23.6. The highest BCUT2D eigenvalue weighted by Gasteiger charge is 2.31. The number of benzene rings is 2. The van der Waals surface area contributed by atoms with Gasteiger partial charge in [-0.05, 0) is 5.41 Å². The fourth-order valence-corrected chi connectivity index (χ4v) is 15.1. The van der Waals surface area contributed by atoms with E-state index < -0.39 is 16.1 Å². The highest BCUT2D eigenvalue weighted by Crippen LogP contribution is 2.29. The Morgan fingerprint density at radius 2 is 1.07 bits per heavy atom. The highest BCUT2D eigenvalue weighted by atomic mass is 28.3. The van der Waals surface area contributed by atoms with Gasteiger partial charge >= 0.3 is 0 Å². The van der Waals surface area contributed by atoms with Crippen molar-refractivity contribution < 1.29 is 15.5 Å². The summed E-state index contributed by atoms with van der Waals surface area (Å²) in [4.78, 5) is 0. The van der Waals surface area contributed by atoms with Gasteiger partial charge < -0.3 is 31.5 Å². The summed E-state index contributed by atoms with van der Waals surface area (Å²) in [5.41, 5.74) is 4.21. The van der Waals surface area contributed by atoms with E-state index in [1.807, 2.05) is 0 Å². The van der Waals surface area contributed by atoms with E-state index >= 15 is 0 Å². The Bertz CT molecular complexity index is 1090. The van der Waals surface area contributed by atoms with Crippen molar-refractivity contribution in [1.29, 1.82) is 0 Å². The molecule has 3 rings (SSSR count). The van der Waals surface area contributed by atoms with Crippen LogP contribution in [0.3, 0.4) is 0 Å². The van der Waals surface area contributed by atoms with Crippen molar-refractivity contribution in [3.05, 3.63) is 46.5 Å².